The van der Waals surface area contributed by atoms with E-state index >= 15 is 0 Å². The molecule has 0 saturated heterocycles. The van der Waals surface area contributed by atoms with Crippen LogP contribution in [0.4, 0.5) is 11.4 Å². The molecule has 1 aliphatic heterocycles. The van der Waals surface area contributed by atoms with Gasteiger partial charge in [-0.3, -0.25) is 0 Å². The van der Waals surface area contributed by atoms with Crippen molar-refractivity contribution in [2.24, 2.45) is 0 Å². The third kappa shape index (κ3) is 2.79. The summed E-state index contributed by atoms with van der Waals surface area (Å²) in [5.74, 6) is 0. The van der Waals surface area contributed by atoms with Crippen molar-refractivity contribution in [2.75, 3.05) is 25.5 Å². The first kappa shape index (κ1) is 14.4. The van der Waals surface area contributed by atoms with Crippen molar-refractivity contribution in [1.29, 1.82) is 0 Å². The highest BCUT2D eigenvalue weighted by Gasteiger charge is 2.26. The molecular weight excluding hydrogens is 280 g/mol. The molecule has 0 bridgehead atoms. The molecule has 0 aromatic heterocycles. The first-order chi connectivity index (χ1) is 9.97. The van der Waals surface area contributed by atoms with E-state index in [-0.39, 0.29) is 10.7 Å². The number of para-hydroxylation sites is 2. The summed E-state index contributed by atoms with van der Waals surface area (Å²) < 4.78 is -0.284. The molecule has 1 aliphatic rings. The van der Waals surface area contributed by atoms with Crippen molar-refractivity contribution < 1.29 is 4.65 Å². The largest absolute Gasteiger partial charge is 0.633 e. The Morgan fingerprint density at radius 3 is 1.95 bits per heavy atom. The molecule has 0 radical (unpaired) electrons. The summed E-state index contributed by atoms with van der Waals surface area (Å²) in [6.07, 6.45) is 0. The zero-order chi connectivity index (χ0) is 15.0. The highest BCUT2D eigenvalue weighted by atomic mass is 32.2. The van der Waals surface area contributed by atoms with E-state index < -0.39 is 0 Å². The van der Waals surface area contributed by atoms with Crippen LogP contribution >= 0.6 is 11.8 Å². The molecule has 21 heavy (non-hydrogen) atoms. The molecule has 110 valence electrons. The van der Waals surface area contributed by atoms with Crippen LogP contribution < -0.4 is 4.90 Å². The van der Waals surface area contributed by atoms with Crippen molar-refractivity contribution in [3.05, 3.63) is 53.7 Å². The molecule has 0 N–H and O–H groups in total. The molecule has 0 fully saturated rings. The molecule has 0 aliphatic carbocycles. The van der Waals surface area contributed by atoms with Crippen molar-refractivity contribution >= 4 is 23.1 Å². The maximum atomic E-state index is 12.2. The monoisotopic (exact) mass is 300 g/mol. The second-order valence-corrected chi connectivity index (χ2v) is 7.02. The number of hydroxylamine groups is 3. The molecule has 0 spiro atoms. The van der Waals surface area contributed by atoms with Gasteiger partial charge in [-0.05, 0) is 31.2 Å². The third-order valence-corrected chi connectivity index (χ3v) is 5.17. The summed E-state index contributed by atoms with van der Waals surface area (Å²) in [4.78, 5) is 4.78. The normalized spacial score (nSPS) is 15.3. The quantitative estimate of drug-likeness (QED) is 0.626. The predicted molar refractivity (Wildman–Crippen MR) is 89.0 cm³/mol. The van der Waals surface area contributed by atoms with Crippen LogP contribution in [0.3, 0.4) is 0 Å². The lowest BCUT2D eigenvalue weighted by Gasteiger charge is -2.43. The Kier molecular flexibility index (Phi) is 3.69. The minimum Gasteiger partial charge on any atom is -0.633 e. The Morgan fingerprint density at radius 1 is 1.00 bits per heavy atom. The highest BCUT2D eigenvalue weighted by molar-refractivity contribution is 7.99. The Morgan fingerprint density at radius 2 is 1.48 bits per heavy atom. The van der Waals surface area contributed by atoms with E-state index in [0.29, 0.717) is 6.54 Å². The minimum atomic E-state index is -0.284. The summed E-state index contributed by atoms with van der Waals surface area (Å²) >= 11 is 1.80. The summed E-state index contributed by atoms with van der Waals surface area (Å²) in [5.41, 5.74) is 2.39. The van der Waals surface area contributed by atoms with Gasteiger partial charge in [0.15, 0.2) is 0 Å². The smallest absolute Gasteiger partial charge is 0.104 e. The third-order valence-electron chi connectivity index (χ3n) is 4.04. The fraction of sp³-hybridized carbons (Fsp3) is 0.294. The molecule has 1 atom stereocenters. The second kappa shape index (κ2) is 5.37. The maximum Gasteiger partial charge on any atom is 0.104 e. The fourth-order valence-corrected chi connectivity index (χ4v) is 3.53. The lowest BCUT2D eigenvalue weighted by molar-refractivity contribution is -0.862. The van der Waals surface area contributed by atoms with Gasteiger partial charge in [0.1, 0.15) is 6.04 Å². The van der Waals surface area contributed by atoms with Gasteiger partial charge in [-0.25, -0.2) is 0 Å². The van der Waals surface area contributed by atoms with Crippen molar-refractivity contribution in [2.45, 2.75) is 22.8 Å². The average Bonchev–Trinajstić information content (AvgIpc) is 2.46. The van der Waals surface area contributed by atoms with Gasteiger partial charge in [0.05, 0.1) is 32.0 Å². The van der Waals surface area contributed by atoms with Gasteiger partial charge in [0.2, 0.25) is 0 Å². The summed E-state index contributed by atoms with van der Waals surface area (Å²) in [6, 6.07) is 16.8. The number of quaternary nitrogens is 1. The molecule has 2 aromatic rings. The van der Waals surface area contributed by atoms with Crippen LogP contribution in [0, 0.1) is 5.21 Å². The highest BCUT2D eigenvalue weighted by Crippen LogP contribution is 2.47. The SMILES string of the molecule is C[C@H](CN1c2ccccc2Sc2ccccc21)[N+](C)(C)[O-]. The number of hydrogen-bond acceptors (Lipinski definition) is 3. The van der Waals surface area contributed by atoms with Crippen LogP contribution in [0.5, 0.6) is 0 Å². The molecule has 1 heterocycles. The number of likely N-dealkylation sites (N-methyl/N-ethyl adjacent to an activating group) is 1. The summed E-state index contributed by atoms with van der Waals surface area (Å²) in [7, 11) is 3.42. The van der Waals surface area contributed by atoms with Crippen LogP contribution in [-0.2, 0) is 0 Å². The van der Waals surface area contributed by atoms with Crippen LogP contribution in [-0.4, -0.2) is 31.3 Å². The van der Waals surface area contributed by atoms with E-state index in [1.807, 2.05) is 6.92 Å². The number of nitrogens with zero attached hydrogens (tertiary/aromatic N) is 2. The maximum absolute atomic E-state index is 12.2. The van der Waals surface area contributed by atoms with Crippen LogP contribution in [0.25, 0.3) is 0 Å². The van der Waals surface area contributed by atoms with Crippen molar-refractivity contribution in [1.82, 2.24) is 0 Å². The van der Waals surface area contributed by atoms with E-state index in [1.54, 1.807) is 25.9 Å². The van der Waals surface area contributed by atoms with Crippen LogP contribution in [0.1, 0.15) is 6.92 Å². The van der Waals surface area contributed by atoms with Gasteiger partial charge in [0.25, 0.3) is 0 Å². The van der Waals surface area contributed by atoms with Gasteiger partial charge in [-0.15, -0.1) is 0 Å². The molecule has 3 nitrogen and oxygen atoms in total. The van der Waals surface area contributed by atoms with Gasteiger partial charge in [-0.2, -0.15) is 0 Å². The number of anilines is 2. The van der Waals surface area contributed by atoms with Crippen molar-refractivity contribution in [3.8, 4) is 0 Å². The topological polar surface area (TPSA) is 26.3 Å². The summed E-state index contributed by atoms with van der Waals surface area (Å²) in [5, 5.41) is 12.2. The molecule has 0 saturated carbocycles. The fourth-order valence-electron chi connectivity index (χ4n) is 2.44. The van der Waals surface area contributed by atoms with E-state index in [4.69, 9.17) is 0 Å². The van der Waals surface area contributed by atoms with E-state index in [0.717, 1.165) is 0 Å². The first-order valence-corrected chi connectivity index (χ1v) is 7.96. The lowest BCUT2D eigenvalue weighted by Crippen LogP contribution is -2.47. The molecule has 4 heteroatoms. The molecule has 2 aromatic carbocycles. The van der Waals surface area contributed by atoms with Gasteiger partial charge in [0, 0.05) is 9.79 Å². The molecule has 0 amide bonds. The molecule has 3 rings (SSSR count). The van der Waals surface area contributed by atoms with Gasteiger partial charge in [-0.1, -0.05) is 36.0 Å². The lowest BCUT2D eigenvalue weighted by atomic mass is 10.2. The predicted octanol–water partition coefficient (Wildman–Crippen LogP) is 4.25. The first-order valence-electron chi connectivity index (χ1n) is 7.15. The average molecular weight is 300 g/mol. The van der Waals surface area contributed by atoms with E-state index in [2.05, 4.69) is 53.4 Å². The number of rotatable bonds is 3. The number of hydrogen-bond donors (Lipinski definition) is 0. The van der Waals surface area contributed by atoms with E-state index in [9.17, 15) is 5.21 Å². The van der Waals surface area contributed by atoms with Gasteiger partial charge >= 0.3 is 0 Å². The number of fused-ring (bicyclic) bond motifs is 2. The van der Waals surface area contributed by atoms with E-state index in [1.165, 1.54) is 21.2 Å². The minimum absolute atomic E-state index is 0.00536. The van der Waals surface area contributed by atoms with Crippen LogP contribution in [0.2, 0.25) is 0 Å². The Bertz CT molecular complexity index is 606. The Balaban J connectivity index is 2.03. The van der Waals surface area contributed by atoms with Gasteiger partial charge < -0.3 is 14.8 Å². The number of benzene rings is 2. The zero-order valence-corrected chi connectivity index (χ0v) is 13.4. The molecule has 0 unspecified atom stereocenters. The zero-order valence-electron chi connectivity index (χ0n) is 12.6. The van der Waals surface area contributed by atoms with Crippen molar-refractivity contribution in [3.63, 3.8) is 0 Å². The Hall–Kier alpha value is -1.49. The Labute approximate surface area is 130 Å². The summed E-state index contributed by atoms with van der Waals surface area (Å²) in [6.45, 7) is 2.73. The standard InChI is InChI=1S/C17H20N2OS/c1-13(19(2,3)20)12-18-14-8-4-6-10-16(14)21-17-11-7-5-9-15(17)18/h4-11,13H,12H2,1-3H3/t13-/m1/s1. The van der Waals surface area contributed by atoms with Crippen LogP contribution in [0.15, 0.2) is 58.3 Å². The second-order valence-electron chi connectivity index (χ2n) is 5.93. The molecular formula is C17H20N2OS.